The van der Waals surface area contributed by atoms with Gasteiger partial charge in [0.05, 0.1) is 11.6 Å². The number of phenols is 1. The average molecular weight is 596 g/mol. The molecule has 0 aromatic heterocycles. The molecule has 12 nitrogen and oxygen atoms in total. The lowest BCUT2D eigenvalue weighted by Crippen LogP contribution is -2.65. The van der Waals surface area contributed by atoms with E-state index in [0.717, 1.165) is 0 Å². The molecule has 2 aromatic rings. The van der Waals surface area contributed by atoms with Crippen molar-refractivity contribution in [2.45, 2.75) is 24.5 Å². The second kappa shape index (κ2) is 10.8. The van der Waals surface area contributed by atoms with E-state index in [1.165, 1.54) is 25.1 Å². The summed E-state index contributed by atoms with van der Waals surface area (Å²) < 4.78 is 16.9. The molecule has 0 aliphatic heterocycles. The van der Waals surface area contributed by atoms with Gasteiger partial charge in [-0.05, 0) is 67.7 Å². The largest absolute Gasteiger partial charge is 0.508 e. The fourth-order valence-electron chi connectivity index (χ4n) is 6.53. The summed E-state index contributed by atoms with van der Waals surface area (Å²) in [7, 11) is 3.06. The number of nitrogens with two attached hydrogens (primary N) is 1. The first kappa shape index (κ1) is 29.7. The van der Waals surface area contributed by atoms with Gasteiger partial charge in [-0.3, -0.25) is 24.6 Å². The summed E-state index contributed by atoms with van der Waals surface area (Å²) in [5.41, 5.74) is 3.59. The highest BCUT2D eigenvalue weighted by Crippen LogP contribution is 2.53. The normalized spacial score (nSPS) is 24.8. The van der Waals surface area contributed by atoms with Crippen molar-refractivity contribution in [2.24, 2.45) is 17.6 Å². The first-order valence-corrected chi connectivity index (χ1v) is 13.4. The van der Waals surface area contributed by atoms with E-state index < -0.39 is 70.8 Å². The van der Waals surface area contributed by atoms with Crippen LogP contribution in [0.2, 0.25) is 0 Å². The highest BCUT2D eigenvalue weighted by Gasteiger charge is 2.64. The molecule has 0 saturated heterocycles. The number of nitrogens with one attached hydrogen (secondary N) is 1. The molecule has 0 unspecified atom stereocenters. The number of nitrogens with zero attached hydrogens (tertiary/aromatic N) is 1. The van der Waals surface area contributed by atoms with Crippen LogP contribution in [0.15, 0.2) is 53.3 Å². The quantitative estimate of drug-likeness (QED) is 0.269. The Kier molecular flexibility index (Phi) is 7.48. The Bertz CT molecular complexity index is 1620. The second-order valence-corrected chi connectivity index (χ2v) is 11.0. The summed E-state index contributed by atoms with van der Waals surface area (Å²) in [6.07, 6.45) is -0.739. The van der Waals surface area contributed by atoms with E-state index in [1.54, 1.807) is 30.3 Å². The summed E-state index contributed by atoms with van der Waals surface area (Å²) in [4.78, 5) is 52.5. The van der Waals surface area contributed by atoms with Gasteiger partial charge in [-0.1, -0.05) is 18.2 Å². The standard InChI is InChI=1S/C30H30FN3O9/c1-34(2)23-18-12-14-11-17-16(13-3-5-15(6-4-13)33-29(41)43-10-9-31)7-8-19(35)21(17)24(36)20(14)26(38)30(18,42)27(39)22(25(23)37)28(32)40/h3-8,14,18,23,35-36,39,42H,9-12H2,1-2H3,(H2,32,40)(H,33,41)/t14-,18-,23-,30-/m1/s1. The lowest BCUT2D eigenvalue weighted by molar-refractivity contribution is -0.153. The van der Waals surface area contributed by atoms with Crippen molar-refractivity contribution in [1.29, 1.82) is 0 Å². The van der Waals surface area contributed by atoms with Crippen LogP contribution in [0.25, 0.3) is 16.9 Å². The lowest BCUT2D eigenvalue weighted by atomic mass is 9.57. The Morgan fingerprint density at radius 2 is 1.79 bits per heavy atom. The van der Waals surface area contributed by atoms with Crippen molar-refractivity contribution in [1.82, 2.24) is 4.90 Å². The number of likely N-dealkylation sites (N-methyl/N-ethyl adjacent to an activating group) is 1. The van der Waals surface area contributed by atoms with Crippen molar-refractivity contribution in [3.8, 4) is 16.9 Å². The van der Waals surface area contributed by atoms with Crippen LogP contribution in [0.3, 0.4) is 0 Å². The van der Waals surface area contributed by atoms with Crippen LogP contribution in [-0.2, 0) is 25.5 Å². The Labute approximate surface area is 244 Å². The number of primary amides is 1. The lowest BCUT2D eigenvalue weighted by Gasteiger charge is -2.50. The van der Waals surface area contributed by atoms with Crippen LogP contribution in [0.5, 0.6) is 5.75 Å². The summed E-state index contributed by atoms with van der Waals surface area (Å²) >= 11 is 0. The van der Waals surface area contributed by atoms with Gasteiger partial charge in [0.25, 0.3) is 5.91 Å². The van der Waals surface area contributed by atoms with Gasteiger partial charge >= 0.3 is 6.09 Å². The van der Waals surface area contributed by atoms with Crippen molar-refractivity contribution >= 4 is 35.0 Å². The van der Waals surface area contributed by atoms with Crippen molar-refractivity contribution in [2.75, 3.05) is 32.7 Å². The number of hydrogen-bond acceptors (Lipinski definition) is 10. The van der Waals surface area contributed by atoms with Gasteiger partial charge in [-0.25, -0.2) is 9.18 Å². The van der Waals surface area contributed by atoms with Gasteiger partial charge in [-0.15, -0.1) is 0 Å². The van der Waals surface area contributed by atoms with E-state index in [2.05, 4.69) is 10.1 Å². The molecule has 1 saturated carbocycles. The minimum absolute atomic E-state index is 0.0363. The Morgan fingerprint density at radius 1 is 1.12 bits per heavy atom. The first-order valence-electron chi connectivity index (χ1n) is 13.4. The molecule has 4 atom stereocenters. The number of aromatic hydroxyl groups is 1. The van der Waals surface area contributed by atoms with Gasteiger partial charge in [0.15, 0.2) is 11.4 Å². The zero-order chi connectivity index (χ0) is 31.4. The third-order valence-electron chi connectivity index (χ3n) is 8.36. The Hall–Kier alpha value is -4.75. The number of amides is 2. The van der Waals surface area contributed by atoms with Gasteiger partial charge in [0.2, 0.25) is 5.78 Å². The maximum Gasteiger partial charge on any atom is 0.411 e. The fraction of sp³-hybridized carbons (Fsp3) is 0.333. The monoisotopic (exact) mass is 595 g/mol. The van der Waals surface area contributed by atoms with E-state index in [4.69, 9.17) is 5.73 Å². The third-order valence-corrected chi connectivity index (χ3v) is 8.36. The topological polar surface area (TPSA) is 200 Å². The fourth-order valence-corrected chi connectivity index (χ4v) is 6.53. The SMILES string of the molecule is CN(C)[C@H]1C(=O)C(C(N)=O)=C(O)[C@]2(O)C(=O)C3=C(O)c4c(O)ccc(-c5ccc(NC(=O)OCCF)cc5)c4C[C@@H]3C[C@H]12. The number of anilines is 1. The summed E-state index contributed by atoms with van der Waals surface area (Å²) in [5.74, 6) is -7.21. The number of carbonyl (C=O) groups is 4. The van der Waals surface area contributed by atoms with Gasteiger partial charge in [0.1, 0.15) is 36.1 Å². The van der Waals surface area contributed by atoms with E-state index in [-0.39, 0.29) is 36.3 Å². The average Bonchev–Trinajstić information content (AvgIpc) is 2.94. The van der Waals surface area contributed by atoms with Crippen LogP contribution in [0, 0.1) is 11.8 Å². The molecular weight excluding hydrogens is 565 g/mol. The van der Waals surface area contributed by atoms with Crippen LogP contribution >= 0.6 is 0 Å². The minimum Gasteiger partial charge on any atom is -0.508 e. The maximum absolute atomic E-state index is 14.0. The molecule has 2 amide bonds. The van der Waals surface area contributed by atoms with Crippen LogP contribution in [0.1, 0.15) is 17.5 Å². The number of rotatable bonds is 6. The number of Topliss-reactive ketones (excluding diaryl/α,β-unsaturated/α-hetero) is 2. The number of benzene rings is 2. The molecule has 3 aliphatic rings. The molecule has 226 valence electrons. The number of fused-ring (bicyclic) bond motifs is 3. The highest BCUT2D eigenvalue weighted by atomic mass is 19.1. The molecule has 7 N–H and O–H groups in total. The highest BCUT2D eigenvalue weighted by molar-refractivity contribution is 6.24. The smallest absolute Gasteiger partial charge is 0.411 e. The number of hydrogen-bond donors (Lipinski definition) is 6. The molecule has 0 radical (unpaired) electrons. The zero-order valence-electron chi connectivity index (χ0n) is 23.3. The molecule has 0 heterocycles. The molecule has 2 aromatic carbocycles. The predicted octanol–water partition coefficient (Wildman–Crippen LogP) is 2.15. The number of ether oxygens (including phenoxy) is 1. The molecule has 0 bridgehead atoms. The number of halogens is 1. The van der Waals surface area contributed by atoms with Crippen LogP contribution < -0.4 is 11.1 Å². The maximum atomic E-state index is 14.0. The van der Waals surface area contributed by atoms with E-state index in [0.29, 0.717) is 22.4 Å². The van der Waals surface area contributed by atoms with Crippen molar-refractivity contribution in [3.05, 3.63) is 64.4 Å². The second-order valence-electron chi connectivity index (χ2n) is 11.0. The number of alkyl halides is 1. The predicted molar refractivity (Wildman–Crippen MR) is 151 cm³/mol. The van der Waals surface area contributed by atoms with Gasteiger partial charge < -0.3 is 30.9 Å². The number of phenolic OH excluding ortho intramolecular Hbond substituents is 1. The summed E-state index contributed by atoms with van der Waals surface area (Å²) in [6.45, 7) is -1.19. The van der Waals surface area contributed by atoms with E-state index in [1.807, 2.05) is 0 Å². The summed E-state index contributed by atoms with van der Waals surface area (Å²) in [6, 6.07) is 8.30. The van der Waals surface area contributed by atoms with E-state index in [9.17, 15) is 44.0 Å². The Balaban J connectivity index is 1.59. The molecule has 1 fully saturated rings. The molecule has 3 aliphatic carbocycles. The molecule has 13 heteroatoms. The number of aliphatic hydroxyl groups is 3. The van der Waals surface area contributed by atoms with E-state index >= 15 is 0 Å². The molecular formula is C30H30FN3O9. The zero-order valence-corrected chi connectivity index (χ0v) is 23.3. The first-order chi connectivity index (χ1) is 20.3. The summed E-state index contributed by atoms with van der Waals surface area (Å²) in [5, 5.41) is 47.3. The van der Waals surface area contributed by atoms with Crippen molar-refractivity contribution in [3.63, 3.8) is 0 Å². The number of aliphatic hydroxyl groups excluding tert-OH is 2. The molecule has 43 heavy (non-hydrogen) atoms. The number of carbonyl (C=O) groups excluding carboxylic acids is 4. The van der Waals surface area contributed by atoms with Gasteiger partial charge in [0, 0.05) is 17.2 Å². The molecule has 0 spiro atoms. The third kappa shape index (κ3) is 4.61. The van der Waals surface area contributed by atoms with Crippen LogP contribution in [-0.4, -0.2) is 87.9 Å². The minimum atomic E-state index is -2.72. The van der Waals surface area contributed by atoms with Crippen LogP contribution in [0.4, 0.5) is 14.9 Å². The molecule has 5 rings (SSSR count). The Morgan fingerprint density at radius 3 is 2.40 bits per heavy atom. The van der Waals surface area contributed by atoms with Crippen molar-refractivity contribution < 1.29 is 48.7 Å². The van der Waals surface area contributed by atoms with Gasteiger partial charge in [-0.2, -0.15) is 0 Å². The number of ketones is 2.